The summed E-state index contributed by atoms with van der Waals surface area (Å²) in [6.07, 6.45) is 2.21. The SMILES string of the molecule is CS(=O)(=O)N(CC(=O)N/N=C\c1ccc(Cl)cc1Cl)c1cccc(F)c1. The van der Waals surface area contributed by atoms with Gasteiger partial charge in [0.05, 0.1) is 23.2 Å². The van der Waals surface area contributed by atoms with Crippen molar-refractivity contribution in [2.75, 3.05) is 17.1 Å². The van der Waals surface area contributed by atoms with Crippen molar-refractivity contribution < 1.29 is 17.6 Å². The highest BCUT2D eigenvalue weighted by Crippen LogP contribution is 2.20. The Bertz CT molecular complexity index is 952. The second kappa shape index (κ2) is 8.48. The zero-order chi connectivity index (χ0) is 19.3. The first-order valence-electron chi connectivity index (χ1n) is 7.17. The lowest BCUT2D eigenvalue weighted by Gasteiger charge is -2.21. The average molecular weight is 418 g/mol. The largest absolute Gasteiger partial charge is 0.271 e. The summed E-state index contributed by atoms with van der Waals surface area (Å²) < 4.78 is 37.9. The van der Waals surface area contributed by atoms with Gasteiger partial charge >= 0.3 is 0 Å². The third-order valence-corrected chi connectivity index (χ3v) is 4.84. The van der Waals surface area contributed by atoms with E-state index in [1.807, 2.05) is 0 Å². The van der Waals surface area contributed by atoms with Crippen molar-refractivity contribution in [1.29, 1.82) is 0 Å². The Morgan fingerprint density at radius 3 is 2.62 bits per heavy atom. The van der Waals surface area contributed by atoms with Crippen molar-refractivity contribution in [2.24, 2.45) is 5.10 Å². The summed E-state index contributed by atoms with van der Waals surface area (Å²) in [5.74, 6) is -1.33. The summed E-state index contributed by atoms with van der Waals surface area (Å²) in [6.45, 7) is -0.562. The number of carbonyl (C=O) groups is 1. The van der Waals surface area contributed by atoms with Crippen LogP contribution in [0.2, 0.25) is 10.0 Å². The van der Waals surface area contributed by atoms with Crippen molar-refractivity contribution in [3.63, 3.8) is 0 Å². The van der Waals surface area contributed by atoms with E-state index in [2.05, 4.69) is 10.5 Å². The van der Waals surface area contributed by atoms with Crippen LogP contribution < -0.4 is 9.73 Å². The van der Waals surface area contributed by atoms with Crippen LogP contribution in [0.1, 0.15) is 5.56 Å². The Labute approximate surface area is 160 Å². The van der Waals surface area contributed by atoms with E-state index in [4.69, 9.17) is 23.2 Å². The van der Waals surface area contributed by atoms with E-state index in [9.17, 15) is 17.6 Å². The van der Waals surface area contributed by atoms with Crippen molar-refractivity contribution in [3.05, 3.63) is 63.9 Å². The summed E-state index contributed by atoms with van der Waals surface area (Å²) in [6, 6.07) is 9.65. The van der Waals surface area contributed by atoms with Gasteiger partial charge < -0.3 is 0 Å². The van der Waals surface area contributed by atoms with Gasteiger partial charge in [0, 0.05) is 10.6 Å². The Hall–Kier alpha value is -2.16. The Morgan fingerprint density at radius 1 is 1.27 bits per heavy atom. The van der Waals surface area contributed by atoms with Crippen LogP contribution in [0.25, 0.3) is 0 Å². The first kappa shape index (κ1) is 20.2. The van der Waals surface area contributed by atoms with Gasteiger partial charge in [-0.15, -0.1) is 0 Å². The normalized spacial score (nSPS) is 11.5. The molecule has 2 aromatic rings. The van der Waals surface area contributed by atoms with Gasteiger partial charge in [-0.1, -0.05) is 35.3 Å². The van der Waals surface area contributed by atoms with Gasteiger partial charge in [0.2, 0.25) is 10.0 Å². The second-order valence-corrected chi connectivity index (χ2v) is 7.96. The number of anilines is 1. The molecule has 0 aromatic heterocycles. The van der Waals surface area contributed by atoms with Crippen LogP contribution in [0.15, 0.2) is 47.6 Å². The maximum absolute atomic E-state index is 13.3. The van der Waals surface area contributed by atoms with E-state index < -0.39 is 28.3 Å². The maximum Gasteiger partial charge on any atom is 0.260 e. The Kier molecular flexibility index (Phi) is 6.57. The van der Waals surface area contributed by atoms with Gasteiger partial charge in [0.25, 0.3) is 5.91 Å². The zero-order valence-corrected chi connectivity index (χ0v) is 15.8. The number of nitrogens with one attached hydrogen (secondary N) is 1. The van der Waals surface area contributed by atoms with Gasteiger partial charge in [-0.25, -0.2) is 18.2 Å². The van der Waals surface area contributed by atoms with Crippen molar-refractivity contribution in [2.45, 2.75) is 0 Å². The number of rotatable bonds is 6. The number of sulfonamides is 1. The van der Waals surface area contributed by atoms with Gasteiger partial charge in [-0.3, -0.25) is 9.10 Å². The predicted octanol–water partition coefficient (Wildman–Crippen LogP) is 3.05. The van der Waals surface area contributed by atoms with Gasteiger partial charge in [0.1, 0.15) is 12.4 Å². The molecule has 1 N–H and O–H groups in total. The van der Waals surface area contributed by atoms with E-state index in [1.165, 1.54) is 30.5 Å². The molecule has 0 spiro atoms. The quantitative estimate of drug-likeness (QED) is 0.579. The first-order chi connectivity index (χ1) is 12.2. The zero-order valence-electron chi connectivity index (χ0n) is 13.5. The summed E-state index contributed by atoms with van der Waals surface area (Å²) >= 11 is 11.8. The molecule has 2 rings (SSSR count). The monoisotopic (exact) mass is 417 g/mol. The van der Waals surface area contributed by atoms with Gasteiger partial charge in [0.15, 0.2) is 0 Å². The minimum atomic E-state index is -3.80. The third kappa shape index (κ3) is 5.69. The molecule has 0 atom stereocenters. The molecule has 1 amide bonds. The van der Waals surface area contributed by atoms with Crippen molar-refractivity contribution >= 4 is 51.0 Å². The highest BCUT2D eigenvalue weighted by Gasteiger charge is 2.21. The lowest BCUT2D eigenvalue weighted by molar-refractivity contribution is -0.119. The fourth-order valence-corrected chi connectivity index (χ4v) is 3.28. The van der Waals surface area contributed by atoms with E-state index in [0.717, 1.165) is 16.6 Å². The molecular formula is C16H14Cl2FN3O3S. The number of benzene rings is 2. The minimum Gasteiger partial charge on any atom is -0.271 e. The topological polar surface area (TPSA) is 78.8 Å². The average Bonchev–Trinajstić information content (AvgIpc) is 2.53. The number of nitrogens with zero attached hydrogens (tertiary/aromatic N) is 2. The Balaban J connectivity index is 2.09. The number of hydrogen-bond acceptors (Lipinski definition) is 4. The van der Waals surface area contributed by atoms with Crippen LogP contribution in [0.5, 0.6) is 0 Å². The lowest BCUT2D eigenvalue weighted by atomic mass is 10.2. The van der Waals surface area contributed by atoms with Crippen LogP contribution in [-0.4, -0.2) is 33.3 Å². The molecule has 0 aliphatic heterocycles. The molecule has 26 heavy (non-hydrogen) atoms. The Morgan fingerprint density at radius 2 is 2.00 bits per heavy atom. The highest BCUT2D eigenvalue weighted by atomic mass is 35.5. The van der Waals surface area contributed by atoms with Crippen LogP contribution >= 0.6 is 23.2 Å². The molecule has 0 heterocycles. The summed E-state index contributed by atoms with van der Waals surface area (Å²) in [7, 11) is -3.80. The number of hydrazone groups is 1. The smallest absolute Gasteiger partial charge is 0.260 e. The predicted molar refractivity (Wildman–Crippen MR) is 101 cm³/mol. The van der Waals surface area contributed by atoms with Crippen molar-refractivity contribution in [1.82, 2.24) is 5.43 Å². The number of halogens is 3. The molecule has 0 unspecified atom stereocenters. The van der Waals surface area contributed by atoms with E-state index in [0.29, 0.717) is 15.6 Å². The van der Waals surface area contributed by atoms with Crippen LogP contribution in [0, 0.1) is 5.82 Å². The van der Waals surface area contributed by atoms with Crippen LogP contribution in [0.3, 0.4) is 0 Å². The maximum atomic E-state index is 13.3. The molecule has 0 aliphatic carbocycles. The number of hydrogen-bond donors (Lipinski definition) is 1. The van der Waals surface area contributed by atoms with E-state index in [-0.39, 0.29) is 5.69 Å². The molecule has 6 nitrogen and oxygen atoms in total. The van der Waals surface area contributed by atoms with Crippen LogP contribution in [0.4, 0.5) is 10.1 Å². The molecule has 0 fully saturated rings. The summed E-state index contributed by atoms with van der Waals surface area (Å²) in [4.78, 5) is 12.0. The van der Waals surface area contributed by atoms with E-state index in [1.54, 1.807) is 12.1 Å². The van der Waals surface area contributed by atoms with E-state index >= 15 is 0 Å². The molecule has 0 saturated heterocycles. The first-order valence-corrected chi connectivity index (χ1v) is 9.77. The molecule has 0 bridgehead atoms. The van der Waals surface area contributed by atoms with Gasteiger partial charge in [-0.2, -0.15) is 5.10 Å². The summed E-state index contributed by atoms with van der Waals surface area (Å²) in [5.41, 5.74) is 2.75. The highest BCUT2D eigenvalue weighted by molar-refractivity contribution is 7.92. The number of carbonyl (C=O) groups excluding carboxylic acids is 1. The van der Waals surface area contributed by atoms with Gasteiger partial charge in [-0.05, 0) is 30.3 Å². The molecule has 0 aliphatic rings. The van der Waals surface area contributed by atoms with Crippen LogP contribution in [-0.2, 0) is 14.8 Å². The standard InChI is InChI=1S/C16H14Cl2FN3O3S/c1-26(24,25)22(14-4-2-3-13(19)8-14)10-16(23)21-20-9-11-5-6-12(17)7-15(11)18/h2-9H,10H2,1H3,(H,21,23)/b20-9-. The minimum absolute atomic E-state index is 0.0346. The summed E-state index contributed by atoms with van der Waals surface area (Å²) in [5, 5.41) is 4.53. The molecule has 0 saturated carbocycles. The second-order valence-electron chi connectivity index (χ2n) is 5.21. The molecular weight excluding hydrogens is 404 g/mol. The number of amides is 1. The molecule has 0 radical (unpaired) electrons. The molecule has 138 valence electrons. The fraction of sp³-hybridized carbons (Fsp3) is 0.125. The lowest BCUT2D eigenvalue weighted by Crippen LogP contribution is -2.39. The molecule has 10 heteroatoms. The fourth-order valence-electron chi connectivity index (χ4n) is 1.98. The third-order valence-electron chi connectivity index (χ3n) is 3.14. The van der Waals surface area contributed by atoms with Crippen molar-refractivity contribution in [3.8, 4) is 0 Å². The molecule has 2 aromatic carbocycles.